The van der Waals surface area contributed by atoms with Crippen LogP contribution in [0.15, 0.2) is 60.7 Å². The third-order valence-electron chi connectivity index (χ3n) is 5.07. The summed E-state index contributed by atoms with van der Waals surface area (Å²) in [5.41, 5.74) is 6.16. The van der Waals surface area contributed by atoms with Crippen LogP contribution in [0.25, 0.3) is 11.6 Å². The number of amides is 1. The van der Waals surface area contributed by atoms with E-state index in [0.717, 1.165) is 31.5 Å². The Balaban J connectivity index is 1.41. The maximum absolute atomic E-state index is 11.4. The van der Waals surface area contributed by atoms with Gasteiger partial charge in [0.1, 0.15) is 0 Å². The van der Waals surface area contributed by atoms with Crippen molar-refractivity contribution in [2.75, 3.05) is 11.9 Å². The number of carbonyl (C=O) groups is 1. The van der Waals surface area contributed by atoms with E-state index in [0.29, 0.717) is 12.5 Å². The average Bonchev–Trinajstić information content (AvgIpc) is 2.69. The first kappa shape index (κ1) is 16.8. The van der Waals surface area contributed by atoms with Gasteiger partial charge in [0.15, 0.2) is 0 Å². The highest BCUT2D eigenvalue weighted by molar-refractivity contribution is 5.94. The minimum atomic E-state index is 0.116. The number of hydrogen-bond donors (Lipinski definition) is 2. The number of aryl methyl sites for hydroxylation is 1. The summed E-state index contributed by atoms with van der Waals surface area (Å²) in [6.45, 7) is 1.03. The molecule has 3 heteroatoms. The number of carbonyl (C=O) groups excluding carboxylic acids is 1. The van der Waals surface area contributed by atoms with Gasteiger partial charge >= 0.3 is 0 Å². The maximum atomic E-state index is 11.4. The zero-order valence-corrected chi connectivity index (χ0v) is 14.9. The molecular weight excluding hydrogens is 320 g/mol. The molecule has 0 saturated heterocycles. The largest absolute Gasteiger partial charge is 0.326 e. The zero-order chi connectivity index (χ0) is 17.8. The van der Waals surface area contributed by atoms with Gasteiger partial charge in [-0.1, -0.05) is 54.6 Å². The van der Waals surface area contributed by atoms with Gasteiger partial charge in [0.2, 0.25) is 5.91 Å². The number of fused-ring (bicyclic) bond motifs is 1. The van der Waals surface area contributed by atoms with E-state index in [2.05, 4.69) is 71.3 Å². The number of hydrogen-bond acceptors (Lipinski definition) is 2. The second kappa shape index (κ2) is 7.71. The van der Waals surface area contributed by atoms with Gasteiger partial charge in [-0.2, -0.15) is 0 Å². The number of benzene rings is 2. The molecule has 0 saturated carbocycles. The first-order valence-electron chi connectivity index (χ1n) is 9.37. The standard InChI is InChI=1S/C23H24N2O/c26-23-12-10-20-15-17(9-11-22(20)25-23)5-4-8-21-16-19(13-14-24-21)18-6-2-1-3-7-18/h1-7,9,11,15-16,21,24H,8,10,12-14H2,(H,25,26). The maximum Gasteiger partial charge on any atom is 0.224 e. The predicted molar refractivity (Wildman–Crippen MR) is 108 cm³/mol. The Hall–Kier alpha value is -2.65. The highest BCUT2D eigenvalue weighted by atomic mass is 16.1. The topological polar surface area (TPSA) is 41.1 Å². The fourth-order valence-electron chi connectivity index (χ4n) is 3.68. The van der Waals surface area contributed by atoms with Crippen molar-refractivity contribution in [2.24, 2.45) is 0 Å². The van der Waals surface area contributed by atoms with E-state index in [4.69, 9.17) is 0 Å². The third kappa shape index (κ3) is 3.94. The van der Waals surface area contributed by atoms with Crippen LogP contribution in [0.5, 0.6) is 0 Å². The molecule has 2 aliphatic rings. The molecule has 0 aliphatic carbocycles. The van der Waals surface area contributed by atoms with E-state index in [9.17, 15) is 4.79 Å². The SMILES string of the molecule is O=C1CCc2cc(C=CCC3C=C(c4ccccc4)CCN3)ccc2N1. The van der Waals surface area contributed by atoms with Crippen LogP contribution in [0, 0.1) is 0 Å². The lowest BCUT2D eigenvalue weighted by Gasteiger charge is -2.22. The van der Waals surface area contributed by atoms with Crippen LogP contribution in [-0.2, 0) is 11.2 Å². The molecule has 1 unspecified atom stereocenters. The van der Waals surface area contributed by atoms with Crippen molar-refractivity contribution in [3.05, 3.63) is 77.4 Å². The Bertz CT molecular complexity index is 852. The molecule has 26 heavy (non-hydrogen) atoms. The molecular formula is C23H24N2O. The summed E-state index contributed by atoms with van der Waals surface area (Å²) in [4.78, 5) is 11.4. The van der Waals surface area contributed by atoms with E-state index >= 15 is 0 Å². The van der Waals surface area contributed by atoms with Gasteiger partial charge in [-0.05, 0) is 60.2 Å². The molecule has 1 amide bonds. The van der Waals surface area contributed by atoms with Gasteiger partial charge in [0.25, 0.3) is 0 Å². The summed E-state index contributed by atoms with van der Waals surface area (Å²) < 4.78 is 0. The Morgan fingerprint density at radius 1 is 1.04 bits per heavy atom. The van der Waals surface area contributed by atoms with Crippen molar-refractivity contribution in [3.8, 4) is 0 Å². The monoisotopic (exact) mass is 344 g/mol. The molecule has 2 heterocycles. The molecule has 0 fully saturated rings. The van der Waals surface area contributed by atoms with E-state index < -0.39 is 0 Å². The molecule has 3 nitrogen and oxygen atoms in total. The van der Waals surface area contributed by atoms with Gasteiger partial charge in [-0.25, -0.2) is 0 Å². The Morgan fingerprint density at radius 2 is 1.92 bits per heavy atom. The van der Waals surface area contributed by atoms with Gasteiger partial charge in [-0.15, -0.1) is 0 Å². The number of nitrogens with one attached hydrogen (secondary N) is 2. The quantitative estimate of drug-likeness (QED) is 0.862. The Kier molecular flexibility index (Phi) is 4.98. The average molecular weight is 344 g/mol. The molecule has 0 bridgehead atoms. The van der Waals surface area contributed by atoms with Crippen molar-refractivity contribution >= 4 is 23.2 Å². The lowest BCUT2D eigenvalue weighted by molar-refractivity contribution is -0.116. The number of rotatable bonds is 4. The second-order valence-electron chi connectivity index (χ2n) is 6.97. The molecule has 2 aromatic carbocycles. The molecule has 1 atom stereocenters. The van der Waals surface area contributed by atoms with Gasteiger partial charge in [0, 0.05) is 18.2 Å². The fourth-order valence-corrected chi connectivity index (χ4v) is 3.68. The van der Waals surface area contributed by atoms with E-state index in [-0.39, 0.29) is 5.91 Å². The minimum absolute atomic E-state index is 0.116. The van der Waals surface area contributed by atoms with Crippen LogP contribution in [0.4, 0.5) is 5.69 Å². The predicted octanol–water partition coefficient (Wildman–Crippen LogP) is 4.42. The summed E-state index contributed by atoms with van der Waals surface area (Å²) >= 11 is 0. The molecule has 4 rings (SSSR count). The molecule has 0 radical (unpaired) electrons. The lowest BCUT2D eigenvalue weighted by Crippen LogP contribution is -2.31. The van der Waals surface area contributed by atoms with Crippen LogP contribution in [0.2, 0.25) is 0 Å². The van der Waals surface area contributed by atoms with Crippen molar-refractivity contribution in [3.63, 3.8) is 0 Å². The second-order valence-corrected chi connectivity index (χ2v) is 6.97. The summed E-state index contributed by atoms with van der Waals surface area (Å²) in [6.07, 6.45) is 10.3. The van der Waals surface area contributed by atoms with Gasteiger partial charge in [0.05, 0.1) is 0 Å². The van der Waals surface area contributed by atoms with Crippen molar-refractivity contribution in [2.45, 2.75) is 31.7 Å². The summed E-state index contributed by atoms with van der Waals surface area (Å²) in [5.74, 6) is 0.116. The molecule has 2 aromatic rings. The lowest BCUT2D eigenvalue weighted by atomic mass is 9.95. The summed E-state index contributed by atoms with van der Waals surface area (Å²) in [7, 11) is 0. The number of anilines is 1. The van der Waals surface area contributed by atoms with Crippen LogP contribution in [0.3, 0.4) is 0 Å². The minimum Gasteiger partial charge on any atom is -0.326 e. The van der Waals surface area contributed by atoms with Crippen LogP contribution in [-0.4, -0.2) is 18.5 Å². The van der Waals surface area contributed by atoms with Gasteiger partial charge < -0.3 is 10.6 Å². The molecule has 0 spiro atoms. The van der Waals surface area contributed by atoms with Crippen LogP contribution >= 0.6 is 0 Å². The zero-order valence-electron chi connectivity index (χ0n) is 14.9. The van der Waals surface area contributed by atoms with E-state index in [1.807, 2.05) is 6.07 Å². The smallest absolute Gasteiger partial charge is 0.224 e. The van der Waals surface area contributed by atoms with Crippen molar-refractivity contribution in [1.29, 1.82) is 0 Å². The van der Waals surface area contributed by atoms with E-state index in [1.54, 1.807) is 0 Å². The summed E-state index contributed by atoms with van der Waals surface area (Å²) in [6, 6.07) is 17.3. The molecule has 2 aliphatic heterocycles. The first-order chi connectivity index (χ1) is 12.8. The van der Waals surface area contributed by atoms with Crippen molar-refractivity contribution < 1.29 is 4.79 Å². The molecule has 0 aromatic heterocycles. The first-order valence-corrected chi connectivity index (χ1v) is 9.37. The molecule has 2 N–H and O–H groups in total. The van der Waals surface area contributed by atoms with Gasteiger partial charge in [-0.3, -0.25) is 4.79 Å². The Labute approximate surface area is 154 Å². The highest BCUT2D eigenvalue weighted by Crippen LogP contribution is 2.25. The van der Waals surface area contributed by atoms with Crippen LogP contribution < -0.4 is 10.6 Å². The fraction of sp³-hybridized carbons (Fsp3) is 0.261. The van der Waals surface area contributed by atoms with Crippen LogP contribution in [0.1, 0.15) is 36.0 Å². The summed E-state index contributed by atoms with van der Waals surface area (Å²) in [5, 5.41) is 6.52. The Morgan fingerprint density at radius 3 is 2.81 bits per heavy atom. The third-order valence-corrected chi connectivity index (χ3v) is 5.07. The normalized spacial score (nSPS) is 19.8. The van der Waals surface area contributed by atoms with E-state index in [1.165, 1.54) is 22.3 Å². The van der Waals surface area contributed by atoms with Crippen molar-refractivity contribution in [1.82, 2.24) is 5.32 Å². The molecule has 132 valence electrons. The highest BCUT2D eigenvalue weighted by Gasteiger charge is 2.15.